The van der Waals surface area contributed by atoms with E-state index >= 15 is 0 Å². The number of esters is 1. The average Bonchev–Trinajstić information content (AvgIpc) is 2.95. The Morgan fingerprint density at radius 2 is 1.48 bits per heavy atom. The Morgan fingerprint density at radius 1 is 0.931 bits per heavy atom. The summed E-state index contributed by atoms with van der Waals surface area (Å²) in [7, 11) is 0. The zero-order valence-corrected chi connectivity index (χ0v) is 16.7. The molecule has 1 heterocycles. The molecule has 0 spiro atoms. The third-order valence-corrected chi connectivity index (χ3v) is 4.82. The highest BCUT2D eigenvalue weighted by molar-refractivity contribution is 6.22. The molecule has 29 heavy (non-hydrogen) atoms. The summed E-state index contributed by atoms with van der Waals surface area (Å²) >= 11 is 0. The number of fused-ring (bicyclic) bond motifs is 1. The predicted molar refractivity (Wildman–Crippen MR) is 107 cm³/mol. The van der Waals surface area contributed by atoms with Gasteiger partial charge in [0.05, 0.1) is 11.1 Å². The van der Waals surface area contributed by atoms with Gasteiger partial charge in [-0.2, -0.15) is 0 Å². The lowest BCUT2D eigenvalue weighted by Gasteiger charge is -2.25. The molecule has 0 saturated heterocycles. The molecule has 1 aliphatic rings. The number of carbonyl (C=O) groups is 4. The van der Waals surface area contributed by atoms with E-state index in [-0.39, 0.29) is 29.2 Å². The molecular formula is C23H23NO5. The monoisotopic (exact) mass is 393 g/mol. The van der Waals surface area contributed by atoms with Gasteiger partial charge in [-0.05, 0) is 31.4 Å². The van der Waals surface area contributed by atoms with Gasteiger partial charge in [-0.3, -0.25) is 19.3 Å². The highest BCUT2D eigenvalue weighted by atomic mass is 16.5. The van der Waals surface area contributed by atoms with Gasteiger partial charge in [-0.25, -0.2) is 4.79 Å². The van der Waals surface area contributed by atoms with Gasteiger partial charge in [0, 0.05) is 5.56 Å². The van der Waals surface area contributed by atoms with E-state index in [1.165, 1.54) is 0 Å². The second-order valence-electron chi connectivity index (χ2n) is 7.57. The second kappa shape index (κ2) is 8.39. The molecule has 0 radical (unpaired) electrons. The highest BCUT2D eigenvalue weighted by Gasteiger charge is 2.43. The third kappa shape index (κ3) is 4.26. The van der Waals surface area contributed by atoms with Crippen LogP contribution in [0.15, 0.2) is 48.5 Å². The van der Waals surface area contributed by atoms with Crippen LogP contribution in [-0.2, 0) is 9.53 Å². The molecule has 6 heteroatoms. The van der Waals surface area contributed by atoms with Crippen LogP contribution in [0.3, 0.4) is 0 Å². The molecule has 2 amide bonds. The van der Waals surface area contributed by atoms with Crippen LogP contribution in [0, 0.1) is 12.8 Å². The van der Waals surface area contributed by atoms with Gasteiger partial charge in [0.1, 0.15) is 6.04 Å². The summed E-state index contributed by atoms with van der Waals surface area (Å²) in [5.74, 6) is -2.10. The van der Waals surface area contributed by atoms with Gasteiger partial charge < -0.3 is 4.74 Å². The molecule has 0 unspecified atom stereocenters. The van der Waals surface area contributed by atoms with Crippen molar-refractivity contribution in [2.75, 3.05) is 6.61 Å². The van der Waals surface area contributed by atoms with Crippen LogP contribution in [0.2, 0.25) is 0 Å². The number of imide groups is 1. The smallest absolute Gasteiger partial charge is 0.329 e. The first-order valence-corrected chi connectivity index (χ1v) is 9.53. The molecular weight excluding hydrogens is 370 g/mol. The van der Waals surface area contributed by atoms with Gasteiger partial charge in [0.25, 0.3) is 11.8 Å². The van der Waals surface area contributed by atoms with Crippen molar-refractivity contribution in [3.8, 4) is 0 Å². The maximum Gasteiger partial charge on any atom is 0.329 e. The van der Waals surface area contributed by atoms with Crippen molar-refractivity contribution in [3.05, 3.63) is 70.8 Å². The van der Waals surface area contributed by atoms with Crippen LogP contribution >= 0.6 is 0 Å². The van der Waals surface area contributed by atoms with Crippen molar-refractivity contribution in [2.45, 2.75) is 33.2 Å². The summed E-state index contributed by atoms with van der Waals surface area (Å²) in [4.78, 5) is 51.6. The largest absolute Gasteiger partial charge is 0.456 e. The number of hydrogen-bond donors (Lipinski definition) is 0. The fourth-order valence-electron chi connectivity index (χ4n) is 3.30. The fraction of sp³-hybridized carbons (Fsp3) is 0.304. The van der Waals surface area contributed by atoms with Crippen LogP contribution in [-0.4, -0.2) is 41.1 Å². The first-order valence-electron chi connectivity index (χ1n) is 9.53. The molecule has 3 rings (SSSR count). The summed E-state index contributed by atoms with van der Waals surface area (Å²) in [5, 5.41) is 0. The van der Waals surface area contributed by atoms with Gasteiger partial charge in [-0.1, -0.05) is 55.8 Å². The molecule has 0 bridgehead atoms. The third-order valence-electron chi connectivity index (χ3n) is 4.82. The summed E-state index contributed by atoms with van der Waals surface area (Å²) in [6, 6.07) is 12.3. The van der Waals surface area contributed by atoms with E-state index < -0.39 is 30.4 Å². The molecule has 150 valence electrons. The Labute approximate surface area is 169 Å². The molecule has 0 fully saturated rings. The van der Waals surface area contributed by atoms with Crippen molar-refractivity contribution in [2.24, 2.45) is 5.92 Å². The topological polar surface area (TPSA) is 80.8 Å². The molecule has 2 aromatic rings. The minimum atomic E-state index is -1.08. The maximum atomic E-state index is 12.8. The molecule has 1 aliphatic heterocycles. The first kappa shape index (κ1) is 20.5. The van der Waals surface area contributed by atoms with E-state index in [1.54, 1.807) is 48.5 Å². The quantitative estimate of drug-likeness (QED) is 0.409. The highest BCUT2D eigenvalue weighted by Crippen LogP contribution is 2.27. The summed E-state index contributed by atoms with van der Waals surface area (Å²) in [6.45, 7) is 5.23. The van der Waals surface area contributed by atoms with Crippen molar-refractivity contribution in [1.29, 1.82) is 0 Å². The number of amides is 2. The van der Waals surface area contributed by atoms with Crippen LogP contribution < -0.4 is 0 Å². The lowest BCUT2D eigenvalue weighted by molar-refractivity contribution is -0.147. The van der Waals surface area contributed by atoms with Crippen molar-refractivity contribution >= 4 is 23.6 Å². The Balaban J connectivity index is 1.76. The van der Waals surface area contributed by atoms with Gasteiger partial charge in [-0.15, -0.1) is 0 Å². The zero-order chi connectivity index (χ0) is 21.1. The average molecular weight is 393 g/mol. The lowest BCUT2D eigenvalue weighted by atomic mass is 10.0. The summed E-state index contributed by atoms with van der Waals surface area (Å²) in [6.07, 6.45) is 0.253. The van der Waals surface area contributed by atoms with E-state index in [9.17, 15) is 19.2 Å². The number of ether oxygens (including phenoxy) is 1. The minimum absolute atomic E-state index is 0.0321. The Kier molecular flexibility index (Phi) is 5.92. The Morgan fingerprint density at radius 3 is 2.00 bits per heavy atom. The number of nitrogens with zero attached hydrogens (tertiary/aromatic N) is 1. The number of ketones is 1. The predicted octanol–water partition coefficient (Wildman–Crippen LogP) is 3.43. The molecule has 2 aromatic carbocycles. The number of hydrogen-bond acceptors (Lipinski definition) is 5. The van der Waals surface area contributed by atoms with Gasteiger partial charge in [0.2, 0.25) is 0 Å². The van der Waals surface area contributed by atoms with Crippen LogP contribution in [0.25, 0.3) is 0 Å². The van der Waals surface area contributed by atoms with Crippen LogP contribution in [0.1, 0.15) is 56.9 Å². The van der Waals surface area contributed by atoms with E-state index in [4.69, 9.17) is 4.74 Å². The standard InChI is InChI=1S/C23H23NO5/c1-14(2)12-19(24-21(26)17-6-4-5-7-18(17)22(24)27)23(28)29-13-20(25)16-10-8-15(3)9-11-16/h4-11,14,19H,12-13H2,1-3H3/t19-/m1/s1. The van der Waals surface area contributed by atoms with Gasteiger partial charge >= 0.3 is 5.97 Å². The van der Waals surface area contributed by atoms with E-state index in [2.05, 4.69) is 0 Å². The van der Waals surface area contributed by atoms with Crippen molar-refractivity contribution in [1.82, 2.24) is 4.90 Å². The second-order valence-corrected chi connectivity index (χ2v) is 7.57. The molecule has 0 aromatic heterocycles. The number of rotatable bonds is 7. The number of Topliss-reactive ketones (excluding diaryl/α,β-unsaturated/α-hetero) is 1. The molecule has 1 atom stereocenters. The van der Waals surface area contributed by atoms with Crippen LogP contribution in [0.5, 0.6) is 0 Å². The van der Waals surface area contributed by atoms with Gasteiger partial charge in [0.15, 0.2) is 12.4 Å². The van der Waals surface area contributed by atoms with Crippen molar-refractivity contribution in [3.63, 3.8) is 0 Å². The Bertz CT molecular complexity index is 926. The Hall–Kier alpha value is -3.28. The van der Waals surface area contributed by atoms with E-state index in [0.717, 1.165) is 10.5 Å². The molecule has 0 aliphatic carbocycles. The fourth-order valence-corrected chi connectivity index (χ4v) is 3.30. The summed E-state index contributed by atoms with van der Waals surface area (Å²) < 4.78 is 5.22. The molecule has 6 nitrogen and oxygen atoms in total. The number of carbonyl (C=O) groups excluding carboxylic acids is 4. The van der Waals surface area contributed by atoms with Crippen LogP contribution in [0.4, 0.5) is 0 Å². The maximum absolute atomic E-state index is 12.8. The SMILES string of the molecule is Cc1ccc(C(=O)COC(=O)[C@@H](CC(C)C)N2C(=O)c3ccccc3C2=O)cc1. The lowest BCUT2D eigenvalue weighted by Crippen LogP contribution is -2.46. The number of aryl methyl sites for hydroxylation is 1. The normalized spacial score (nSPS) is 14.1. The zero-order valence-electron chi connectivity index (χ0n) is 16.7. The summed E-state index contributed by atoms with van der Waals surface area (Å²) in [5.41, 5.74) is 2.00. The first-order chi connectivity index (χ1) is 13.8. The van der Waals surface area contributed by atoms with E-state index in [0.29, 0.717) is 5.56 Å². The minimum Gasteiger partial charge on any atom is -0.456 e. The molecule has 0 saturated carbocycles. The molecule has 0 N–H and O–H groups in total. The van der Waals surface area contributed by atoms with Crippen molar-refractivity contribution < 1.29 is 23.9 Å². The van der Waals surface area contributed by atoms with E-state index in [1.807, 2.05) is 20.8 Å². The number of benzene rings is 2.